The van der Waals surface area contributed by atoms with Gasteiger partial charge in [-0.15, -0.1) is 0 Å². The largest absolute Gasteiger partial charge is 0.497 e. The molecule has 0 aliphatic heterocycles. The van der Waals surface area contributed by atoms with Gasteiger partial charge in [0.05, 0.1) is 19.2 Å². The van der Waals surface area contributed by atoms with Crippen LogP contribution in [0.2, 0.25) is 0 Å². The van der Waals surface area contributed by atoms with E-state index in [0.717, 1.165) is 32.4 Å². The smallest absolute Gasteiger partial charge is 0.335 e. The van der Waals surface area contributed by atoms with Gasteiger partial charge in [0.1, 0.15) is 11.4 Å². The maximum atomic E-state index is 11.3. The first-order valence-corrected chi connectivity index (χ1v) is 9.33. The lowest BCUT2D eigenvalue weighted by Crippen LogP contribution is -2.03. The van der Waals surface area contributed by atoms with Gasteiger partial charge in [-0.2, -0.15) is 5.10 Å². The number of hydrogen-bond donors (Lipinski definition) is 1. The van der Waals surface area contributed by atoms with Crippen molar-refractivity contribution >= 4 is 32.9 Å². The van der Waals surface area contributed by atoms with Crippen molar-refractivity contribution < 1.29 is 14.6 Å². The van der Waals surface area contributed by atoms with Gasteiger partial charge in [0.15, 0.2) is 5.65 Å². The second kappa shape index (κ2) is 7.44. The summed E-state index contributed by atoms with van der Waals surface area (Å²) in [6, 6.07) is 16.5. The van der Waals surface area contributed by atoms with Crippen molar-refractivity contribution in [3.63, 3.8) is 0 Å². The Balaban J connectivity index is 1.82. The van der Waals surface area contributed by atoms with E-state index in [0.29, 0.717) is 12.2 Å². The van der Waals surface area contributed by atoms with Gasteiger partial charge in [-0.25, -0.2) is 14.5 Å². The van der Waals surface area contributed by atoms with E-state index in [-0.39, 0.29) is 5.56 Å². The van der Waals surface area contributed by atoms with Gasteiger partial charge >= 0.3 is 5.97 Å². The Kier molecular flexibility index (Phi) is 4.83. The molecule has 0 saturated carbocycles. The van der Waals surface area contributed by atoms with Crippen LogP contribution in [-0.4, -0.2) is 33.0 Å². The fraction of sp³-hybridized carbons (Fsp3) is 0.0952. The topological polar surface area (TPSA) is 77.2 Å². The lowest BCUT2D eigenvalue weighted by molar-refractivity contribution is 0.0697. The first-order valence-electron chi connectivity index (χ1n) is 8.54. The van der Waals surface area contributed by atoms with Crippen LogP contribution in [0, 0.1) is 0 Å². The van der Waals surface area contributed by atoms with Crippen LogP contribution >= 0.6 is 15.9 Å². The van der Waals surface area contributed by atoms with E-state index in [2.05, 4.69) is 20.9 Å². The molecule has 1 N–H and O–H groups in total. The highest BCUT2D eigenvalue weighted by Crippen LogP contribution is 2.30. The summed E-state index contributed by atoms with van der Waals surface area (Å²) in [5.74, 6) is -0.176. The summed E-state index contributed by atoms with van der Waals surface area (Å²) in [4.78, 5) is 15.9. The fourth-order valence-electron chi connectivity index (χ4n) is 3.06. The number of rotatable bonds is 5. The molecule has 2 aromatic heterocycles. The Morgan fingerprint density at radius 3 is 2.68 bits per heavy atom. The van der Waals surface area contributed by atoms with Gasteiger partial charge in [0.2, 0.25) is 0 Å². The first kappa shape index (κ1) is 18.2. The lowest BCUT2D eigenvalue weighted by Gasteiger charge is -2.05. The van der Waals surface area contributed by atoms with Crippen molar-refractivity contribution in [3.05, 3.63) is 76.4 Å². The van der Waals surface area contributed by atoms with E-state index < -0.39 is 5.97 Å². The van der Waals surface area contributed by atoms with Crippen molar-refractivity contribution in [2.45, 2.75) is 6.54 Å². The molecule has 140 valence electrons. The van der Waals surface area contributed by atoms with Crippen LogP contribution in [0.5, 0.6) is 5.75 Å². The number of ether oxygens (including phenoxy) is 1. The van der Waals surface area contributed by atoms with Gasteiger partial charge in [0, 0.05) is 21.6 Å². The number of carbonyl (C=O) groups is 1. The Bertz CT molecular complexity index is 1170. The molecular weight excluding hydrogens is 422 g/mol. The van der Waals surface area contributed by atoms with E-state index in [1.165, 1.54) is 0 Å². The molecule has 0 aliphatic rings. The molecule has 6 nitrogen and oxygen atoms in total. The summed E-state index contributed by atoms with van der Waals surface area (Å²) in [7, 11) is 1.63. The van der Waals surface area contributed by atoms with Crippen LogP contribution < -0.4 is 4.74 Å². The zero-order valence-electron chi connectivity index (χ0n) is 15.0. The third-order valence-corrected chi connectivity index (χ3v) is 4.86. The SMILES string of the molecule is COc1ccc(Cn2nc(-c3cccc(C(=O)O)c3)c3cc(Br)cnc32)cc1. The number of methoxy groups -OCH3 is 1. The molecular formula is C21H16BrN3O3. The first-order chi connectivity index (χ1) is 13.5. The Hall–Kier alpha value is -3.19. The van der Waals surface area contributed by atoms with Crippen molar-refractivity contribution in [1.29, 1.82) is 0 Å². The van der Waals surface area contributed by atoms with E-state index in [1.807, 2.05) is 41.1 Å². The number of aromatic nitrogens is 3. The maximum Gasteiger partial charge on any atom is 0.335 e. The zero-order chi connectivity index (χ0) is 19.7. The van der Waals surface area contributed by atoms with E-state index in [9.17, 15) is 9.90 Å². The molecule has 0 saturated heterocycles. The van der Waals surface area contributed by atoms with Crippen molar-refractivity contribution in [2.75, 3.05) is 7.11 Å². The summed E-state index contributed by atoms with van der Waals surface area (Å²) in [6.45, 7) is 0.535. The monoisotopic (exact) mass is 437 g/mol. The Labute approximate surface area is 169 Å². The molecule has 0 amide bonds. The molecule has 28 heavy (non-hydrogen) atoms. The molecule has 7 heteroatoms. The van der Waals surface area contributed by atoms with Crippen LogP contribution in [-0.2, 0) is 6.54 Å². The average Bonchev–Trinajstić information content (AvgIpc) is 3.06. The molecule has 0 unspecified atom stereocenters. The Morgan fingerprint density at radius 2 is 1.96 bits per heavy atom. The van der Waals surface area contributed by atoms with Gasteiger partial charge in [0.25, 0.3) is 0 Å². The minimum Gasteiger partial charge on any atom is -0.497 e. The number of pyridine rings is 1. The van der Waals surface area contributed by atoms with E-state index in [1.54, 1.807) is 31.5 Å². The van der Waals surface area contributed by atoms with Gasteiger partial charge in [-0.3, -0.25) is 0 Å². The van der Waals surface area contributed by atoms with Crippen molar-refractivity contribution in [1.82, 2.24) is 14.8 Å². The maximum absolute atomic E-state index is 11.3. The van der Waals surface area contributed by atoms with E-state index in [4.69, 9.17) is 9.84 Å². The number of hydrogen-bond acceptors (Lipinski definition) is 4. The summed E-state index contributed by atoms with van der Waals surface area (Å²) in [6.07, 6.45) is 1.73. The van der Waals surface area contributed by atoms with Gasteiger partial charge in [-0.05, 0) is 51.8 Å². The highest BCUT2D eigenvalue weighted by molar-refractivity contribution is 9.10. The van der Waals surface area contributed by atoms with E-state index >= 15 is 0 Å². The molecule has 2 aromatic carbocycles. The molecule has 0 bridgehead atoms. The lowest BCUT2D eigenvalue weighted by atomic mass is 10.1. The molecule has 4 aromatic rings. The standard InChI is InChI=1S/C21H16BrN3O3/c1-28-17-7-5-13(6-8-17)12-25-20-18(10-16(22)11-23-20)19(24-25)14-3-2-4-15(9-14)21(26)27/h2-11H,12H2,1H3,(H,26,27). The molecule has 0 fully saturated rings. The van der Waals surface area contributed by atoms with Gasteiger partial charge < -0.3 is 9.84 Å². The molecule has 0 radical (unpaired) electrons. The minimum atomic E-state index is -0.969. The average molecular weight is 438 g/mol. The third-order valence-electron chi connectivity index (χ3n) is 4.43. The van der Waals surface area contributed by atoms with Crippen LogP contribution in [0.4, 0.5) is 0 Å². The summed E-state index contributed by atoms with van der Waals surface area (Å²) >= 11 is 3.46. The van der Waals surface area contributed by atoms with Crippen LogP contribution in [0.3, 0.4) is 0 Å². The number of benzene rings is 2. The number of halogens is 1. The highest BCUT2D eigenvalue weighted by Gasteiger charge is 2.16. The quantitative estimate of drug-likeness (QED) is 0.492. The van der Waals surface area contributed by atoms with Crippen molar-refractivity contribution in [3.8, 4) is 17.0 Å². The number of carboxylic acids is 1. The third kappa shape index (κ3) is 3.48. The second-order valence-corrected chi connectivity index (χ2v) is 7.18. The number of aromatic carboxylic acids is 1. The zero-order valence-corrected chi connectivity index (χ0v) is 16.5. The van der Waals surface area contributed by atoms with Gasteiger partial charge in [-0.1, -0.05) is 24.3 Å². The van der Waals surface area contributed by atoms with Crippen LogP contribution in [0.1, 0.15) is 15.9 Å². The molecule has 0 spiro atoms. The number of fused-ring (bicyclic) bond motifs is 1. The number of nitrogens with zero attached hydrogens (tertiary/aromatic N) is 3. The van der Waals surface area contributed by atoms with Crippen molar-refractivity contribution in [2.24, 2.45) is 0 Å². The highest BCUT2D eigenvalue weighted by atomic mass is 79.9. The van der Waals surface area contributed by atoms with Crippen LogP contribution in [0.15, 0.2) is 65.3 Å². The second-order valence-electron chi connectivity index (χ2n) is 6.26. The fourth-order valence-corrected chi connectivity index (χ4v) is 3.39. The summed E-state index contributed by atoms with van der Waals surface area (Å²) < 4.78 is 7.87. The minimum absolute atomic E-state index is 0.221. The Morgan fingerprint density at radius 1 is 1.18 bits per heavy atom. The predicted octanol–water partition coefficient (Wildman–Crippen LogP) is 4.62. The molecule has 4 rings (SSSR count). The summed E-state index contributed by atoms with van der Waals surface area (Å²) in [5.41, 5.74) is 3.44. The normalized spacial score (nSPS) is 10.9. The summed E-state index contributed by atoms with van der Waals surface area (Å²) in [5, 5.41) is 14.9. The molecule has 2 heterocycles. The van der Waals surface area contributed by atoms with Crippen LogP contribution in [0.25, 0.3) is 22.3 Å². The molecule has 0 aliphatic carbocycles. The molecule has 0 atom stereocenters. The number of carboxylic acid groups (broad SMARTS) is 1. The predicted molar refractivity (Wildman–Crippen MR) is 110 cm³/mol.